The lowest BCUT2D eigenvalue weighted by Crippen LogP contribution is -2.48. The Morgan fingerprint density at radius 3 is 2.49 bits per heavy atom. The molecule has 1 amide bonds. The van der Waals surface area contributed by atoms with Crippen LogP contribution in [0.4, 0.5) is 10.3 Å². The maximum atomic E-state index is 13.7. The summed E-state index contributed by atoms with van der Waals surface area (Å²) < 4.78 is 18.9. The number of hydrogen-bond donors (Lipinski definition) is 1. The summed E-state index contributed by atoms with van der Waals surface area (Å²) in [5, 5.41) is 6.89. The monoisotopic (exact) mass is 486 g/mol. The van der Waals surface area contributed by atoms with E-state index in [1.54, 1.807) is 6.92 Å². The van der Waals surface area contributed by atoms with Crippen LogP contribution >= 0.6 is 0 Å². The van der Waals surface area contributed by atoms with Crippen molar-refractivity contribution in [2.75, 3.05) is 38.2 Å². The van der Waals surface area contributed by atoms with Gasteiger partial charge >= 0.3 is 0 Å². The maximum absolute atomic E-state index is 13.7. The molecule has 1 N–H and O–H groups in total. The Morgan fingerprint density at radius 2 is 1.89 bits per heavy atom. The summed E-state index contributed by atoms with van der Waals surface area (Å²) in [6.07, 6.45) is 8.56. The number of nitrogens with zero attached hydrogens (tertiary/aromatic N) is 4. The quantitative estimate of drug-likeness (QED) is 0.615. The summed E-state index contributed by atoms with van der Waals surface area (Å²) in [6.45, 7) is 6.58. The van der Waals surface area contributed by atoms with Crippen LogP contribution in [-0.4, -0.2) is 65.6 Å². The molecular weight excluding hydrogens is 451 g/mol. The van der Waals surface area contributed by atoms with Crippen molar-refractivity contribution in [3.63, 3.8) is 0 Å². The lowest BCUT2D eigenvalue weighted by atomic mass is 9.88. The number of carboxylic acid groups (broad SMARTS) is 1. The number of methoxy groups -OCH3 is 1. The van der Waals surface area contributed by atoms with Crippen LogP contribution < -0.4 is 9.64 Å². The van der Waals surface area contributed by atoms with Gasteiger partial charge in [0.1, 0.15) is 0 Å². The second-order valence-electron chi connectivity index (χ2n) is 9.32. The molecule has 35 heavy (non-hydrogen) atoms. The van der Waals surface area contributed by atoms with Crippen molar-refractivity contribution in [2.24, 2.45) is 5.92 Å². The molecule has 1 aromatic carbocycles. The smallest absolute Gasteiger partial charge is 0.290 e. The number of amides is 1. The van der Waals surface area contributed by atoms with E-state index in [1.165, 1.54) is 25.2 Å². The highest BCUT2D eigenvalue weighted by molar-refractivity contribution is 5.73. The van der Waals surface area contributed by atoms with Crippen molar-refractivity contribution in [2.45, 2.75) is 51.4 Å². The van der Waals surface area contributed by atoms with Crippen molar-refractivity contribution in [1.82, 2.24) is 14.9 Å². The molecule has 0 radical (unpaired) electrons. The van der Waals surface area contributed by atoms with Crippen molar-refractivity contribution in [1.29, 1.82) is 0 Å². The molecule has 3 atom stereocenters. The van der Waals surface area contributed by atoms with Gasteiger partial charge in [0.25, 0.3) is 6.47 Å². The number of benzene rings is 1. The summed E-state index contributed by atoms with van der Waals surface area (Å²) >= 11 is 0. The van der Waals surface area contributed by atoms with E-state index in [0.29, 0.717) is 23.5 Å². The molecule has 1 aliphatic heterocycles. The van der Waals surface area contributed by atoms with Gasteiger partial charge in [-0.05, 0) is 66.7 Å². The fourth-order valence-electron chi connectivity index (χ4n) is 5.14. The minimum Gasteiger partial charge on any atom is -0.494 e. The molecule has 0 unspecified atom stereocenters. The Morgan fingerprint density at radius 1 is 1.23 bits per heavy atom. The zero-order valence-electron chi connectivity index (χ0n) is 20.7. The minimum atomic E-state index is -0.312. The zero-order chi connectivity index (χ0) is 25.4. The van der Waals surface area contributed by atoms with E-state index >= 15 is 0 Å². The summed E-state index contributed by atoms with van der Waals surface area (Å²) in [4.78, 5) is 33.2. The van der Waals surface area contributed by atoms with E-state index in [4.69, 9.17) is 14.6 Å². The molecule has 0 bridgehead atoms. The third-order valence-corrected chi connectivity index (χ3v) is 7.11. The number of halogens is 1. The SMILES string of the molecule is COc1cc([C@@H](C)C[C@H]2CC[C@@H](c3cnc(N4CCN(C(C)=O)CC4)nc3)C2)ccc1F.O=CO. The van der Waals surface area contributed by atoms with Crippen LogP contribution in [0.25, 0.3) is 0 Å². The fraction of sp³-hybridized carbons (Fsp3) is 0.538. The van der Waals surface area contributed by atoms with Crippen molar-refractivity contribution in [3.8, 4) is 5.75 Å². The van der Waals surface area contributed by atoms with Gasteiger partial charge in [0.2, 0.25) is 11.9 Å². The fourth-order valence-corrected chi connectivity index (χ4v) is 5.14. The Balaban J connectivity index is 0.00000108. The van der Waals surface area contributed by atoms with E-state index in [0.717, 1.165) is 57.0 Å². The lowest BCUT2D eigenvalue weighted by molar-refractivity contribution is -0.129. The van der Waals surface area contributed by atoms with E-state index in [1.807, 2.05) is 29.4 Å². The molecule has 1 saturated carbocycles. The zero-order valence-corrected chi connectivity index (χ0v) is 20.7. The predicted molar refractivity (Wildman–Crippen MR) is 131 cm³/mol. The highest BCUT2D eigenvalue weighted by Gasteiger charge is 2.28. The number of hydrogen-bond acceptors (Lipinski definition) is 6. The van der Waals surface area contributed by atoms with Crippen LogP contribution in [-0.2, 0) is 9.59 Å². The average Bonchev–Trinajstić information content (AvgIpc) is 3.33. The Kier molecular flexibility index (Phi) is 9.39. The van der Waals surface area contributed by atoms with Gasteiger partial charge in [-0.25, -0.2) is 14.4 Å². The largest absolute Gasteiger partial charge is 0.494 e. The number of rotatable bonds is 6. The lowest BCUT2D eigenvalue weighted by Gasteiger charge is -2.34. The standard InChI is InChI=1S/C25H33FN4O2.CH2O2/c1-17(20-6-7-23(26)24(14-20)32-3)12-19-4-5-21(13-19)22-15-27-25(28-16-22)30-10-8-29(9-11-30)18(2)31;2-1-3/h6-7,14-17,19,21H,4-5,8-13H2,1-3H3;1H,(H,2,3)/t17-,19+,21+;/m0./s1. The molecule has 4 rings (SSSR count). The molecule has 190 valence electrons. The number of ether oxygens (including phenoxy) is 1. The number of aromatic nitrogens is 2. The van der Waals surface area contributed by atoms with Gasteiger partial charge in [-0.15, -0.1) is 0 Å². The van der Waals surface area contributed by atoms with Crippen LogP contribution in [0.2, 0.25) is 0 Å². The first kappa shape index (κ1) is 26.4. The van der Waals surface area contributed by atoms with Crippen molar-refractivity contribution >= 4 is 18.3 Å². The molecular formula is C26H35FN4O4. The van der Waals surface area contributed by atoms with Crippen LogP contribution in [0, 0.1) is 11.7 Å². The molecule has 1 aromatic heterocycles. The highest BCUT2D eigenvalue weighted by Crippen LogP contribution is 2.42. The van der Waals surface area contributed by atoms with Gasteiger partial charge < -0.3 is 19.6 Å². The van der Waals surface area contributed by atoms with Gasteiger partial charge in [-0.2, -0.15) is 0 Å². The molecule has 2 fully saturated rings. The van der Waals surface area contributed by atoms with Crippen LogP contribution in [0.5, 0.6) is 5.75 Å². The van der Waals surface area contributed by atoms with Crippen LogP contribution in [0.1, 0.15) is 62.5 Å². The molecule has 1 saturated heterocycles. The Labute approximate surface area is 206 Å². The molecule has 0 spiro atoms. The number of carbonyl (C=O) groups is 2. The van der Waals surface area contributed by atoms with Crippen molar-refractivity contribution in [3.05, 3.63) is 47.5 Å². The van der Waals surface area contributed by atoms with Gasteiger partial charge in [-0.1, -0.05) is 13.0 Å². The molecule has 8 nitrogen and oxygen atoms in total. The van der Waals surface area contributed by atoms with Gasteiger partial charge in [0, 0.05) is 45.5 Å². The molecule has 2 aliphatic rings. The Hall–Kier alpha value is -3.23. The molecule has 2 heterocycles. The number of carbonyl (C=O) groups excluding carboxylic acids is 1. The minimum absolute atomic E-state index is 0.129. The van der Waals surface area contributed by atoms with Gasteiger partial charge in [0.05, 0.1) is 7.11 Å². The van der Waals surface area contributed by atoms with Crippen LogP contribution in [0.15, 0.2) is 30.6 Å². The topological polar surface area (TPSA) is 95.9 Å². The first-order valence-corrected chi connectivity index (χ1v) is 12.1. The summed E-state index contributed by atoms with van der Waals surface area (Å²) in [5.41, 5.74) is 2.35. The van der Waals surface area contributed by atoms with Crippen molar-refractivity contribution < 1.29 is 23.8 Å². The third kappa shape index (κ3) is 6.90. The van der Waals surface area contributed by atoms with Gasteiger partial charge in [0.15, 0.2) is 11.6 Å². The van der Waals surface area contributed by atoms with Crippen LogP contribution in [0.3, 0.4) is 0 Å². The molecule has 1 aliphatic carbocycles. The maximum Gasteiger partial charge on any atom is 0.290 e. The summed E-state index contributed by atoms with van der Waals surface area (Å²) in [7, 11) is 1.51. The molecule has 9 heteroatoms. The first-order valence-electron chi connectivity index (χ1n) is 12.1. The predicted octanol–water partition coefficient (Wildman–Crippen LogP) is 4.07. The number of piperazine rings is 1. The van der Waals surface area contributed by atoms with E-state index < -0.39 is 0 Å². The Bertz CT molecular complexity index is 980. The summed E-state index contributed by atoms with van der Waals surface area (Å²) in [6, 6.07) is 5.20. The van der Waals surface area contributed by atoms with E-state index in [2.05, 4.69) is 21.8 Å². The second kappa shape index (κ2) is 12.5. The van der Waals surface area contributed by atoms with E-state index in [9.17, 15) is 9.18 Å². The summed E-state index contributed by atoms with van der Waals surface area (Å²) in [5.74, 6) is 2.40. The van der Waals surface area contributed by atoms with E-state index in [-0.39, 0.29) is 18.2 Å². The molecule has 2 aromatic rings. The number of anilines is 1. The van der Waals surface area contributed by atoms with Gasteiger partial charge in [-0.3, -0.25) is 9.59 Å². The normalized spacial score (nSPS) is 20.6. The average molecular weight is 487 g/mol. The first-order chi connectivity index (χ1) is 16.9. The second-order valence-corrected chi connectivity index (χ2v) is 9.32. The third-order valence-electron chi connectivity index (χ3n) is 7.11. The highest BCUT2D eigenvalue weighted by atomic mass is 19.1.